The summed E-state index contributed by atoms with van der Waals surface area (Å²) < 4.78 is 17.2. The molecule has 1 aliphatic heterocycles. The fourth-order valence-corrected chi connectivity index (χ4v) is 18.0. The molecule has 3 heterocycles. The Morgan fingerprint density at radius 3 is 0.819 bits per heavy atom. The largest absolute Gasteiger partial charge is 0.494 e. The molecule has 2 aromatic heterocycles. The number of pyridine rings is 2. The normalized spacial score (nSPS) is 11.8. The Morgan fingerprint density at radius 2 is 0.507 bits per heavy atom. The summed E-state index contributed by atoms with van der Waals surface area (Å²) in [6, 6.07) is 174. The molecule has 0 bridgehead atoms. The first-order valence-electron chi connectivity index (χ1n) is 45.0. The summed E-state index contributed by atoms with van der Waals surface area (Å²) >= 11 is 12.6. The predicted molar refractivity (Wildman–Crippen MR) is 589 cm³/mol. The Hall–Kier alpha value is -12.3. The van der Waals surface area contributed by atoms with Gasteiger partial charge < -0.3 is 29.3 Å². The van der Waals surface area contributed by atoms with Crippen LogP contribution in [0.4, 0.5) is 0 Å². The molecule has 20 aromatic rings. The Balaban J connectivity index is 0.000000138. The molecular formula is C124H96B2Br3IIr2N2O4-2. The minimum Gasteiger partial charge on any atom is -0.423 e. The molecule has 0 amide bonds. The van der Waals surface area contributed by atoms with Crippen molar-refractivity contribution in [2.24, 2.45) is 0 Å². The van der Waals surface area contributed by atoms with Crippen LogP contribution in [0.1, 0.15) is 27.7 Å². The minimum absolute atomic E-state index is 0. The second-order valence-electron chi connectivity index (χ2n) is 33.6. The van der Waals surface area contributed by atoms with Crippen LogP contribution in [0.2, 0.25) is 0 Å². The van der Waals surface area contributed by atoms with Crippen LogP contribution in [0.5, 0.6) is 0 Å². The van der Waals surface area contributed by atoms with E-state index in [2.05, 4.69) is 460 Å². The van der Waals surface area contributed by atoms with Gasteiger partial charge in [-0.05, 0) is 310 Å². The monoisotopic (exact) mass is 2450 g/mol. The standard InChI is InChI=1S/C35H24N.C30H29BO2.C24H17Br.C18H15BO2.C11H7BrN.C6H4BrI.2Ir/c1-3-11-26(12-4-1)32-23-33(27-13-5-2-6-14-27)25-34(24-32)30-17-9-15-28(21-30)29-16-10-18-31(22-29)35-19-7-8-20-36-35;1-29(2)30(3,4)33-31(32-29)28-17-11-16-24(21-28)27-19-25(22-12-7-5-8-13-22)18-26(20-27)23-14-9-6-10-15-23;25-24-13-7-12-20(17-24)23-15-21(18-8-3-1-4-9-18)14-22(16-23)19-10-5-2-6-11-19;20-19(21)18-12-16(14-7-3-1-4-8-14)11-17(13-18)15-9-5-2-6-10-15;12-10-5-3-4-9(8-10)11-6-1-2-7-13-11;7-5-2-1-3-6(8)4-5;;/h1-17,19-25H;5-21H,1-4H3;1-17H;1-13,20-21H;1-3,5-8H;1-4H;;/q-1;;;;-1;;;. The van der Waals surface area contributed by atoms with E-state index >= 15 is 0 Å². The molecule has 1 saturated heterocycles. The van der Waals surface area contributed by atoms with Gasteiger partial charge in [-0.2, -0.15) is 0 Å². The van der Waals surface area contributed by atoms with Crippen molar-refractivity contribution in [3.8, 4) is 156 Å². The average molecular weight is 2450 g/mol. The second kappa shape index (κ2) is 49.8. The third kappa shape index (κ3) is 27.8. The van der Waals surface area contributed by atoms with Gasteiger partial charge in [-0.15, -0.1) is 65.2 Å². The van der Waals surface area contributed by atoms with Crippen molar-refractivity contribution < 1.29 is 59.6 Å². The van der Waals surface area contributed by atoms with Crippen LogP contribution >= 0.6 is 70.4 Å². The molecule has 14 heteroatoms. The smallest absolute Gasteiger partial charge is 0.423 e. The average Bonchev–Trinajstić information content (AvgIpc) is 1.57. The first-order chi connectivity index (χ1) is 66.3. The van der Waals surface area contributed by atoms with Crippen molar-refractivity contribution in [1.29, 1.82) is 0 Å². The molecule has 0 aliphatic carbocycles. The van der Waals surface area contributed by atoms with Crippen LogP contribution < -0.4 is 10.9 Å². The molecule has 1 aliphatic rings. The zero-order chi connectivity index (χ0) is 94.0. The van der Waals surface area contributed by atoms with Crippen LogP contribution in [0.15, 0.2) is 511 Å². The number of benzene rings is 18. The van der Waals surface area contributed by atoms with E-state index in [1.54, 1.807) is 6.20 Å². The molecule has 0 saturated carbocycles. The third-order valence-corrected chi connectivity index (χ3v) is 25.7. The van der Waals surface area contributed by atoms with Crippen molar-refractivity contribution >= 4 is 95.5 Å². The van der Waals surface area contributed by atoms with Crippen LogP contribution in [-0.4, -0.2) is 45.5 Å². The first-order valence-corrected chi connectivity index (χ1v) is 48.5. The number of hydrogen-bond donors (Lipinski definition) is 2. The van der Waals surface area contributed by atoms with E-state index in [1.165, 1.54) is 104 Å². The van der Waals surface area contributed by atoms with Crippen LogP contribution in [0, 0.1) is 15.7 Å². The van der Waals surface area contributed by atoms with Gasteiger partial charge in [0.1, 0.15) is 0 Å². The van der Waals surface area contributed by atoms with Gasteiger partial charge in [0.25, 0.3) is 0 Å². The zero-order valence-corrected chi connectivity index (χ0v) is 88.0. The number of hydrogen-bond acceptors (Lipinski definition) is 6. The van der Waals surface area contributed by atoms with Gasteiger partial charge in [-0.1, -0.05) is 392 Å². The Kier molecular flexibility index (Phi) is 36.7. The van der Waals surface area contributed by atoms with Crippen molar-refractivity contribution in [2.45, 2.75) is 38.9 Å². The van der Waals surface area contributed by atoms with Gasteiger partial charge in [0.15, 0.2) is 0 Å². The van der Waals surface area contributed by atoms with Gasteiger partial charge in [-0.3, -0.25) is 0 Å². The zero-order valence-electron chi connectivity index (χ0n) is 76.3. The SMILES string of the molecule is Brc1cc[c-]c(-c2ccccn2)c1.Brc1cccc(-c2cc(-c3ccccc3)cc(-c3ccccc3)c2)c1.Brc1cccc(I)c1.CC1(C)OB(c2cccc(-c3cc(-c4ccccc4)cc(-c4ccccc4)c3)c2)OC1(C)C.OB(O)c1cc(-c2ccccc2)cc(-c2ccccc2)c1.[Ir].[Ir].[c-]1ccc(-c2cccc(-c3cc(-c4ccccc4)cc(-c4ccccc4)c3)c2)cc1-c1ccccn1. The molecule has 0 unspecified atom stereocenters. The van der Waals surface area contributed by atoms with Crippen molar-refractivity contribution in [1.82, 2.24) is 9.97 Å². The molecule has 1 fully saturated rings. The van der Waals surface area contributed by atoms with Crippen LogP contribution in [0.25, 0.3) is 156 Å². The number of nitrogens with zero attached hydrogens (tertiary/aromatic N) is 2. The summed E-state index contributed by atoms with van der Waals surface area (Å²) in [5.74, 6) is 0. The van der Waals surface area contributed by atoms with E-state index in [4.69, 9.17) is 9.31 Å². The van der Waals surface area contributed by atoms with E-state index in [0.717, 1.165) is 74.8 Å². The molecule has 0 atom stereocenters. The second-order valence-corrected chi connectivity index (χ2v) is 37.6. The van der Waals surface area contributed by atoms with Crippen molar-refractivity contribution in [2.75, 3.05) is 0 Å². The summed E-state index contributed by atoms with van der Waals surface area (Å²) in [7, 11) is -1.85. The molecule has 2 N–H and O–H groups in total. The van der Waals surface area contributed by atoms with Crippen molar-refractivity contribution in [3.63, 3.8) is 0 Å². The topological polar surface area (TPSA) is 84.7 Å². The van der Waals surface area contributed by atoms with Gasteiger partial charge in [0.05, 0.1) is 11.2 Å². The molecular weight excluding hydrogens is 2350 g/mol. The van der Waals surface area contributed by atoms with Gasteiger partial charge in [0.2, 0.25) is 0 Å². The maximum absolute atomic E-state index is 9.52. The summed E-state index contributed by atoms with van der Waals surface area (Å²) in [5, 5.41) is 19.0. The Bertz CT molecular complexity index is 7040. The van der Waals surface area contributed by atoms with Crippen LogP contribution in [0.3, 0.4) is 0 Å². The van der Waals surface area contributed by atoms with Gasteiger partial charge in [0, 0.05) is 65.1 Å². The van der Waals surface area contributed by atoms with E-state index in [9.17, 15) is 10.0 Å². The molecule has 138 heavy (non-hydrogen) atoms. The molecule has 21 rings (SSSR count). The molecule has 2 radical (unpaired) electrons. The molecule has 0 spiro atoms. The quantitative estimate of drug-likeness (QED) is 0.0570. The van der Waals surface area contributed by atoms with Crippen LogP contribution in [-0.2, 0) is 49.5 Å². The predicted octanol–water partition coefficient (Wildman–Crippen LogP) is 32.7. The maximum atomic E-state index is 9.52. The third-order valence-electron chi connectivity index (χ3n) is 23.6. The summed E-state index contributed by atoms with van der Waals surface area (Å²) in [4.78, 5) is 8.73. The summed E-state index contributed by atoms with van der Waals surface area (Å²) in [5.41, 5.74) is 32.8. The number of rotatable bonds is 16. The first kappa shape index (κ1) is 102. The van der Waals surface area contributed by atoms with E-state index in [-0.39, 0.29) is 58.5 Å². The fraction of sp³-hybridized carbons (Fsp3) is 0.0484. The fourth-order valence-electron chi connectivity index (χ4n) is 15.8. The summed E-state index contributed by atoms with van der Waals surface area (Å²) in [6.07, 6.45) is 3.60. The molecule has 6 nitrogen and oxygen atoms in total. The number of halogens is 4. The van der Waals surface area contributed by atoms with E-state index in [1.807, 2.05) is 152 Å². The van der Waals surface area contributed by atoms with Gasteiger partial charge in [-0.25, -0.2) is 0 Å². The Labute approximate surface area is 878 Å². The molecule has 680 valence electrons. The van der Waals surface area contributed by atoms with Gasteiger partial charge >= 0.3 is 14.2 Å². The minimum atomic E-state index is -1.48. The van der Waals surface area contributed by atoms with Crippen molar-refractivity contribution in [3.05, 3.63) is 527 Å². The van der Waals surface area contributed by atoms with E-state index < -0.39 is 7.12 Å². The Morgan fingerprint density at radius 1 is 0.254 bits per heavy atom. The number of aromatic nitrogens is 2. The van der Waals surface area contributed by atoms with E-state index in [0.29, 0.717) is 5.46 Å². The maximum Gasteiger partial charge on any atom is 0.494 e. The molecule has 18 aromatic carbocycles. The summed E-state index contributed by atoms with van der Waals surface area (Å²) in [6.45, 7) is 8.36.